The van der Waals surface area contributed by atoms with E-state index in [1.54, 1.807) is 19.2 Å². The summed E-state index contributed by atoms with van der Waals surface area (Å²) in [5.74, 6) is 1.94. The second-order valence-corrected chi connectivity index (χ2v) is 7.99. The maximum atomic E-state index is 12.8. The van der Waals surface area contributed by atoms with Crippen LogP contribution in [0.1, 0.15) is 48.9 Å². The van der Waals surface area contributed by atoms with Crippen molar-refractivity contribution < 1.29 is 24.1 Å². The van der Waals surface area contributed by atoms with Crippen LogP contribution in [0.3, 0.4) is 0 Å². The monoisotopic (exact) mass is 406 g/mol. The van der Waals surface area contributed by atoms with Crippen molar-refractivity contribution >= 4 is 5.91 Å². The molecule has 29 heavy (non-hydrogen) atoms. The predicted molar refractivity (Wildman–Crippen MR) is 111 cm³/mol. The minimum atomic E-state index is -0.359. The molecular formula is C22H34N2O5. The second-order valence-electron chi connectivity index (χ2n) is 7.99. The summed E-state index contributed by atoms with van der Waals surface area (Å²) in [5, 5.41) is 16.7. The summed E-state index contributed by atoms with van der Waals surface area (Å²) in [4.78, 5) is 12.8. The molecule has 3 N–H and O–H groups in total. The number of fused-ring (bicyclic) bond motifs is 1. The maximum absolute atomic E-state index is 12.8. The molecule has 1 fully saturated rings. The predicted octanol–water partition coefficient (Wildman–Crippen LogP) is 2.36. The van der Waals surface area contributed by atoms with Crippen LogP contribution in [0.25, 0.3) is 0 Å². The molecule has 3 rings (SSSR count). The Labute approximate surface area is 173 Å². The molecule has 0 saturated heterocycles. The fraction of sp³-hybridized carbons (Fsp3) is 0.682. The summed E-state index contributed by atoms with van der Waals surface area (Å²) in [6.45, 7) is 2.35. The Hall–Kier alpha value is -1.99. The van der Waals surface area contributed by atoms with Gasteiger partial charge in [0.25, 0.3) is 5.91 Å². The van der Waals surface area contributed by atoms with E-state index in [0.29, 0.717) is 48.5 Å². The zero-order chi connectivity index (χ0) is 20.6. The van der Waals surface area contributed by atoms with Crippen LogP contribution in [0.5, 0.6) is 17.2 Å². The van der Waals surface area contributed by atoms with Crippen LogP contribution in [0.4, 0.5) is 0 Å². The molecule has 0 spiro atoms. The average Bonchev–Trinajstić information content (AvgIpc) is 2.75. The molecule has 1 heterocycles. The molecule has 0 radical (unpaired) electrons. The summed E-state index contributed by atoms with van der Waals surface area (Å²) in [6, 6.07) is 3.41. The number of hydrogen-bond acceptors (Lipinski definition) is 6. The largest absolute Gasteiger partial charge is 0.493 e. The molecule has 7 heteroatoms. The van der Waals surface area contributed by atoms with Gasteiger partial charge in [0.05, 0.1) is 18.8 Å². The minimum absolute atomic E-state index is 0.0961. The van der Waals surface area contributed by atoms with Crippen molar-refractivity contribution in [3.8, 4) is 17.2 Å². The number of hydrogen-bond donors (Lipinski definition) is 3. The lowest BCUT2D eigenvalue weighted by Gasteiger charge is -2.33. The number of rotatable bonds is 9. The first kappa shape index (κ1) is 21.7. The molecule has 1 aromatic carbocycles. The molecule has 0 aromatic heterocycles. The maximum Gasteiger partial charge on any atom is 0.255 e. The Balaban J connectivity index is 1.51. The lowest BCUT2D eigenvalue weighted by Crippen LogP contribution is -2.39. The van der Waals surface area contributed by atoms with Crippen LogP contribution in [0, 0.1) is 11.8 Å². The number of aliphatic hydroxyl groups excluding tert-OH is 1. The zero-order valence-corrected chi connectivity index (χ0v) is 17.5. The molecule has 7 nitrogen and oxygen atoms in total. The Morgan fingerprint density at radius 3 is 2.72 bits per heavy atom. The van der Waals surface area contributed by atoms with Crippen LogP contribution in [-0.4, -0.2) is 57.6 Å². The topological polar surface area (TPSA) is 89.1 Å². The molecule has 162 valence electrons. The Morgan fingerprint density at radius 2 is 2.00 bits per heavy atom. The first-order valence-electron chi connectivity index (χ1n) is 10.7. The van der Waals surface area contributed by atoms with Gasteiger partial charge in [-0.2, -0.15) is 0 Å². The Bertz CT molecular complexity index is 681. The number of benzene rings is 1. The molecule has 0 bridgehead atoms. The van der Waals surface area contributed by atoms with Gasteiger partial charge in [0.15, 0.2) is 11.5 Å². The Kier molecular flexibility index (Phi) is 8.00. The van der Waals surface area contributed by atoms with Crippen molar-refractivity contribution in [3.05, 3.63) is 17.7 Å². The van der Waals surface area contributed by atoms with E-state index in [9.17, 15) is 9.90 Å². The van der Waals surface area contributed by atoms with E-state index in [1.807, 2.05) is 7.05 Å². The summed E-state index contributed by atoms with van der Waals surface area (Å²) >= 11 is 0. The third-order valence-corrected chi connectivity index (χ3v) is 6.00. The number of ether oxygens (including phenoxy) is 3. The van der Waals surface area contributed by atoms with Gasteiger partial charge in [-0.05, 0) is 57.3 Å². The van der Waals surface area contributed by atoms with Crippen molar-refractivity contribution in [2.75, 3.05) is 40.5 Å². The average molecular weight is 407 g/mol. The van der Waals surface area contributed by atoms with Crippen LogP contribution in [-0.2, 0) is 0 Å². The first-order chi connectivity index (χ1) is 14.1. The SMILES string of the molecule is CNCCCCC1CC[C@@H](CNC(=O)c2ccc(OC)c3c2OCCO3)[C@H](O)C1. The third-order valence-electron chi connectivity index (χ3n) is 6.00. The van der Waals surface area contributed by atoms with Crippen molar-refractivity contribution in [2.24, 2.45) is 11.8 Å². The molecule has 1 aliphatic heterocycles. The van der Waals surface area contributed by atoms with E-state index in [1.165, 1.54) is 19.3 Å². The van der Waals surface area contributed by atoms with Crippen molar-refractivity contribution in [1.82, 2.24) is 10.6 Å². The fourth-order valence-corrected chi connectivity index (χ4v) is 4.30. The fourth-order valence-electron chi connectivity index (χ4n) is 4.30. The molecule has 1 saturated carbocycles. The van der Waals surface area contributed by atoms with Crippen molar-refractivity contribution in [2.45, 2.75) is 44.6 Å². The van der Waals surface area contributed by atoms with E-state index in [2.05, 4.69) is 10.6 Å². The van der Waals surface area contributed by atoms with E-state index in [0.717, 1.165) is 25.8 Å². The van der Waals surface area contributed by atoms with Gasteiger partial charge >= 0.3 is 0 Å². The van der Waals surface area contributed by atoms with Crippen LogP contribution >= 0.6 is 0 Å². The lowest BCUT2D eigenvalue weighted by atomic mass is 9.78. The van der Waals surface area contributed by atoms with Gasteiger partial charge in [-0.25, -0.2) is 0 Å². The van der Waals surface area contributed by atoms with Gasteiger partial charge in [-0.3, -0.25) is 4.79 Å². The number of amides is 1. The van der Waals surface area contributed by atoms with Crippen LogP contribution in [0.15, 0.2) is 12.1 Å². The van der Waals surface area contributed by atoms with Crippen LogP contribution in [0.2, 0.25) is 0 Å². The quantitative estimate of drug-likeness (QED) is 0.546. The standard InChI is InChI=1S/C22H34N2O5/c1-23-10-4-3-5-15-6-7-16(18(25)13-15)14-24-22(26)17-8-9-19(27-2)21-20(17)28-11-12-29-21/h8-9,15-16,18,23,25H,3-7,10-14H2,1-2H3,(H,24,26)/t15?,16-,18+/m0/s1. The number of methoxy groups -OCH3 is 1. The highest BCUT2D eigenvalue weighted by atomic mass is 16.6. The van der Waals surface area contributed by atoms with Gasteiger partial charge in [-0.1, -0.05) is 12.8 Å². The molecule has 2 aliphatic rings. The number of unbranched alkanes of at least 4 members (excludes halogenated alkanes) is 1. The molecule has 1 aliphatic carbocycles. The molecule has 3 atom stereocenters. The van der Waals surface area contributed by atoms with E-state index in [-0.39, 0.29) is 17.9 Å². The molecule has 1 amide bonds. The van der Waals surface area contributed by atoms with Gasteiger partial charge in [-0.15, -0.1) is 0 Å². The number of carbonyl (C=O) groups is 1. The van der Waals surface area contributed by atoms with E-state index >= 15 is 0 Å². The summed E-state index contributed by atoms with van der Waals surface area (Å²) in [5.41, 5.74) is 0.438. The highest BCUT2D eigenvalue weighted by molar-refractivity contribution is 5.98. The van der Waals surface area contributed by atoms with E-state index in [4.69, 9.17) is 14.2 Å². The summed E-state index contributed by atoms with van der Waals surface area (Å²) in [7, 11) is 3.54. The third kappa shape index (κ3) is 5.54. The van der Waals surface area contributed by atoms with Gasteiger partial charge in [0, 0.05) is 12.5 Å². The smallest absolute Gasteiger partial charge is 0.255 e. The minimum Gasteiger partial charge on any atom is -0.493 e. The summed E-state index contributed by atoms with van der Waals surface area (Å²) in [6.07, 6.45) is 6.08. The van der Waals surface area contributed by atoms with Crippen molar-refractivity contribution in [3.63, 3.8) is 0 Å². The molecular weight excluding hydrogens is 372 g/mol. The number of nitrogens with one attached hydrogen (secondary N) is 2. The van der Waals surface area contributed by atoms with Gasteiger partial charge in [0.2, 0.25) is 5.75 Å². The first-order valence-corrected chi connectivity index (χ1v) is 10.7. The van der Waals surface area contributed by atoms with Gasteiger partial charge in [0.1, 0.15) is 13.2 Å². The Morgan fingerprint density at radius 1 is 1.21 bits per heavy atom. The van der Waals surface area contributed by atoms with Crippen molar-refractivity contribution in [1.29, 1.82) is 0 Å². The lowest BCUT2D eigenvalue weighted by molar-refractivity contribution is 0.0414. The molecule has 1 aromatic rings. The highest BCUT2D eigenvalue weighted by Gasteiger charge is 2.30. The zero-order valence-electron chi connectivity index (χ0n) is 17.5. The molecule has 1 unspecified atom stereocenters. The van der Waals surface area contributed by atoms with E-state index < -0.39 is 0 Å². The summed E-state index contributed by atoms with van der Waals surface area (Å²) < 4.78 is 16.6. The van der Waals surface area contributed by atoms with Crippen LogP contribution < -0.4 is 24.8 Å². The van der Waals surface area contributed by atoms with Gasteiger partial charge < -0.3 is 30.0 Å². The number of aliphatic hydroxyl groups is 1. The number of carbonyl (C=O) groups excluding carboxylic acids is 1. The second kappa shape index (κ2) is 10.7. The normalized spacial score (nSPS) is 23.5. The highest BCUT2D eigenvalue weighted by Crippen LogP contribution is 2.42.